The summed E-state index contributed by atoms with van der Waals surface area (Å²) in [5.41, 5.74) is 2.64. The van der Waals surface area contributed by atoms with Gasteiger partial charge in [-0.05, 0) is 12.1 Å². The normalized spacial score (nSPS) is 15.4. The van der Waals surface area contributed by atoms with Gasteiger partial charge in [-0.15, -0.1) is 0 Å². The Bertz CT molecular complexity index is 692. The van der Waals surface area contributed by atoms with Crippen molar-refractivity contribution in [3.05, 3.63) is 46.0 Å². The average molecular weight is 227 g/mol. The number of aromatic nitrogens is 2. The third kappa shape index (κ3) is 1.57. The van der Waals surface area contributed by atoms with Gasteiger partial charge in [0.05, 0.1) is 5.69 Å². The van der Waals surface area contributed by atoms with Gasteiger partial charge >= 0.3 is 5.69 Å². The summed E-state index contributed by atoms with van der Waals surface area (Å²) < 4.78 is 0. The van der Waals surface area contributed by atoms with E-state index in [4.69, 9.17) is 0 Å². The molecule has 0 aliphatic carbocycles. The van der Waals surface area contributed by atoms with Gasteiger partial charge in [0.25, 0.3) is 0 Å². The number of nitrogens with one attached hydrogen (secondary N) is 2. The van der Waals surface area contributed by atoms with Crippen LogP contribution in [0.25, 0.3) is 11.6 Å². The first-order chi connectivity index (χ1) is 8.24. The molecule has 0 atom stereocenters. The smallest absolute Gasteiger partial charge is 0.326 e. The molecular weight excluding hydrogens is 218 g/mol. The summed E-state index contributed by atoms with van der Waals surface area (Å²) in [6.45, 7) is 0. The molecule has 1 aliphatic heterocycles. The third-order valence-electron chi connectivity index (χ3n) is 2.59. The molecule has 84 valence electrons. The summed E-state index contributed by atoms with van der Waals surface area (Å²) in [6.07, 6.45) is 3.39. The molecule has 5 nitrogen and oxygen atoms in total. The number of aromatic hydroxyl groups is 1. The number of fused-ring (bicyclic) bond motifs is 1. The summed E-state index contributed by atoms with van der Waals surface area (Å²) in [5.74, 6) is -0.166. The summed E-state index contributed by atoms with van der Waals surface area (Å²) in [7, 11) is 0. The van der Waals surface area contributed by atoms with E-state index < -0.39 is 5.69 Å². The van der Waals surface area contributed by atoms with Crippen LogP contribution in [0.4, 0.5) is 5.69 Å². The van der Waals surface area contributed by atoms with Crippen LogP contribution in [-0.2, 0) is 0 Å². The zero-order chi connectivity index (χ0) is 11.8. The minimum atomic E-state index is -0.433. The number of rotatable bonds is 1. The maximum atomic E-state index is 11.0. The largest absolute Gasteiger partial charge is 0.493 e. The van der Waals surface area contributed by atoms with Crippen molar-refractivity contribution in [2.45, 2.75) is 0 Å². The summed E-state index contributed by atoms with van der Waals surface area (Å²) in [5, 5.41) is 9.46. The second-order valence-corrected chi connectivity index (χ2v) is 3.72. The number of aliphatic imine (C=N–C) groups is 1. The van der Waals surface area contributed by atoms with Crippen LogP contribution in [0.1, 0.15) is 11.3 Å². The molecule has 0 radical (unpaired) electrons. The Morgan fingerprint density at radius 2 is 2.06 bits per heavy atom. The molecule has 1 aliphatic rings. The molecule has 2 heterocycles. The number of nitrogens with zero attached hydrogens (tertiary/aromatic N) is 1. The highest BCUT2D eigenvalue weighted by atomic mass is 16.3. The van der Waals surface area contributed by atoms with Crippen molar-refractivity contribution >= 4 is 23.6 Å². The number of imidazole rings is 1. The third-order valence-corrected chi connectivity index (χ3v) is 2.59. The predicted molar refractivity (Wildman–Crippen MR) is 65.5 cm³/mol. The Morgan fingerprint density at radius 1 is 1.24 bits per heavy atom. The van der Waals surface area contributed by atoms with Crippen LogP contribution < -0.4 is 5.69 Å². The van der Waals surface area contributed by atoms with Crippen molar-refractivity contribution < 1.29 is 5.11 Å². The Labute approximate surface area is 96.2 Å². The lowest BCUT2D eigenvalue weighted by Crippen LogP contribution is -2.00. The van der Waals surface area contributed by atoms with Crippen LogP contribution in [0.15, 0.2) is 34.1 Å². The van der Waals surface area contributed by atoms with Gasteiger partial charge in [-0.1, -0.05) is 18.2 Å². The minimum Gasteiger partial charge on any atom is -0.493 e. The van der Waals surface area contributed by atoms with E-state index in [9.17, 15) is 9.90 Å². The summed E-state index contributed by atoms with van der Waals surface area (Å²) in [6, 6.07) is 7.68. The number of benzene rings is 1. The molecule has 0 bridgehead atoms. The topological polar surface area (TPSA) is 81.2 Å². The van der Waals surface area contributed by atoms with Crippen molar-refractivity contribution in [2.24, 2.45) is 4.99 Å². The fourth-order valence-corrected chi connectivity index (χ4v) is 1.80. The average Bonchev–Trinajstić information content (AvgIpc) is 2.85. The Balaban J connectivity index is 2.11. The van der Waals surface area contributed by atoms with Gasteiger partial charge in [0.2, 0.25) is 5.88 Å². The van der Waals surface area contributed by atoms with Gasteiger partial charge in [0.15, 0.2) is 0 Å². The van der Waals surface area contributed by atoms with E-state index in [0.717, 1.165) is 16.8 Å². The molecule has 1 aromatic heterocycles. The van der Waals surface area contributed by atoms with Crippen LogP contribution in [0.5, 0.6) is 5.88 Å². The second-order valence-electron chi connectivity index (χ2n) is 3.72. The van der Waals surface area contributed by atoms with Crippen LogP contribution in [-0.4, -0.2) is 21.3 Å². The van der Waals surface area contributed by atoms with Crippen molar-refractivity contribution in [1.82, 2.24) is 9.97 Å². The first-order valence-corrected chi connectivity index (χ1v) is 5.10. The van der Waals surface area contributed by atoms with E-state index in [-0.39, 0.29) is 5.88 Å². The standard InChI is InChI=1S/C12H9N3O2/c16-11-10(14-12(17)15-11)5-7-6-13-9-4-2-1-3-8(7)9/h1-6,16H,(H2,14,15,17). The number of H-pyrrole nitrogens is 2. The Hall–Kier alpha value is -2.56. The van der Waals surface area contributed by atoms with Gasteiger partial charge in [-0.2, -0.15) is 0 Å². The van der Waals surface area contributed by atoms with E-state index in [1.807, 2.05) is 24.3 Å². The zero-order valence-corrected chi connectivity index (χ0v) is 8.77. The van der Waals surface area contributed by atoms with E-state index in [1.165, 1.54) is 0 Å². The molecule has 3 N–H and O–H groups in total. The number of allylic oxidation sites excluding steroid dienone is 1. The molecule has 17 heavy (non-hydrogen) atoms. The maximum Gasteiger partial charge on any atom is 0.326 e. The monoisotopic (exact) mass is 227 g/mol. The highest BCUT2D eigenvalue weighted by Gasteiger charge is 2.12. The summed E-state index contributed by atoms with van der Waals surface area (Å²) in [4.78, 5) is 20.0. The lowest BCUT2D eigenvalue weighted by molar-refractivity contribution is 0.454. The molecule has 0 fully saturated rings. The summed E-state index contributed by atoms with van der Waals surface area (Å²) >= 11 is 0. The SMILES string of the molecule is O=c1[nH]c(O)c(C=C2C=Nc3ccccc32)[nH]1. The van der Waals surface area contributed by atoms with E-state index in [1.54, 1.807) is 12.3 Å². The molecule has 1 aromatic carbocycles. The highest BCUT2D eigenvalue weighted by Crippen LogP contribution is 2.32. The van der Waals surface area contributed by atoms with Crippen LogP contribution in [0.2, 0.25) is 0 Å². The van der Waals surface area contributed by atoms with Crippen molar-refractivity contribution in [3.8, 4) is 5.88 Å². The maximum absolute atomic E-state index is 11.0. The minimum absolute atomic E-state index is 0.166. The zero-order valence-electron chi connectivity index (χ0n) is 8.77. The van der Waals surface area contributed by atoms with E-state index in [2.05, 4.69) is 15.0 Å². The van der Waals surface area contributed by atoms with Crippen LogP contribution in [0.3, 0.4) is 0 Å². The van der Waals surface area contributed by atoms with Gasteiger partial charge in [-0.3, -0.25) is 9.98 Å². The molecule has 0 spiro atoms. The fourth-order valence-electron chi connectivity index (χ4n) is 1.80. The molecule has 5 heteroatoms. The number of hydrogen-bond acceptors (Lipinski definition) is 3. The van der Waals surface area contributed by atoms with Gasteiger partial charge in [-0.25, -0.2) is 4.79 Å². The van der Waals surface area contributed by atoms with Crippen molar-refractivity contribution in [3.63, 3.8) is 0 Å². The Kier molecular flexibility index (Phi) is 1.98. The highest BCUT2D eigenvalue weighted by molar-refractivity contribution is 6.21. The molecule has 3 rings (SSSR count). The molecular formula is C12H9N3O2. The van der Waals surface area contributed by atoms with E-state index in [0.29, 0.717) is 5.69 Å². The van der Waals surface area contributed by atoms with Crippen molar-refractivity contribution in [2.75, 3.05) is 0 Å². The predicted octanol–water partition coefficient (Wildman–Crippen LogP) is 1.67. The van der Waals surface area contributed by atoms with Gasteiger partial charge in [0, 0.05) is 17.4 Å². The Morgan fingerprint density at radius 3 is 2.82 bits per heavy atom. The quantitative estimate of drug-likeness (QED) is 0.692. The van der Waals surface area contributed by atoms with Gasteiger partial charge < -0.3 is 10.1 Å². The van der Waals surface area contributed by atoms with Gasteiger partial charge in [0.1, 0.15) is 5.69 Å². The van der Waals surface area contributed by atoms with Crippen molar-refractivity contribution in [1.29, 1.82) is 0 Å². The lowest BCUT2D eigenvalue weighted by atomic mass is 10.1. The molecule has 0 saturated carbocycles. The molecule has 0 amide bonds. The van der Waals surface area contributed by atoms with E-state index >= 15 is 0 Å². The lowest BCUT2D eigenvalue weighted by Gasteiger charge is -1.97. The molecule has 0 unspecified atom stereocenters. The molecule has 2 aromatic rings. The second kappa shape index (κ2) is 3.48. The number of aromatic amines is 2. The fraction of sp³-hybridized carbons (Fsp3) is 0. The van der Waals surface area contributed by atoms with Crippen LogP contribution in [0, 0.1) is 0 Å². The first-order valence-electron chi connectivity index (χ1n) is 5.10. The number of para-hydroxylation sites is 1. The first kappa shape index (κ1) is 9.65. The number of hydrogen-bond donors (Lipinski definition) is 3. The van der Waals surface area contributed by atoms with Crippen LogP contribution >= 0.6 is 0 Å². The molecule has 0 saturated heterocycles.